The molecule has 35 heavy (non-hydrogen) atoms. The average Bonchev–Trinajstić information content (AvgIpc) is 3.23. The number of ether oxygens (including phenoxy) is 3. The molecule has 2 heterocycles. The molecule has 3 rings (SSSR count). The predicted octanol–water partition coefficient (Wildman–Crippen LogP) is 0.244. The highest BCUT2D eigenvalue weighted by molar-refractivity contribution is 8.00. The third-order valence-electron chi connectivity index (χ3n) is 5.11. The van der Waals surface area contributed by atoms with Crippen LogP contribution in [0, 0.1) is 5.92 Å². The van der Waals surface area contributed by atoms with Gasteiger partial charge in [-0.25, -0.2) is 4.79 Å². The van der Waals surface area contributed by atoms with Crippen LogP contribution in [0.2, 0.25) is 0 Å². The summed E-state index contributed by atoms with van der Waals surface area (Å²) in [6.45, 7) is 4.61. The van der Waals surface area contributed by atoms with Crippen molar-refractivity contribution in [2.24, 2.45) is 5.92 Å². The molecule has 0 spiro atoms. The Morgan fingerprint density at radius 2 is 1.91 bits per heavy atom. The van der Waals surface area contributed by atoms with Crippen LogP contribution >= 0.6 is 11.8 Å². The van der Waals surface area contributed by atoms with Gasteiger partial charge in [0.05, 0.1) is 12.4 Å². The molecular weight excluding hydrogens is 480 g/mol. The van der Waals surface area contributed by atoms with E-state index in [9.17, 15) is 29.1 Å². The zero-order chi connectivity index (χ0) is 25.8. The SMILES string of the molecule is CC(C)(C)OC(=O)C(O)N1C(=O)[C@@H](NC(=O)COc2ccccc2)[C@H]1SCC(=O)C1CCOC1=O. The number of esters is 2. The molecule has 2 fully saturated rings. The number of likely N-dealkylation sites (tertiary alicyclic amines) is 1. The molecule has 1 aromatic rings. The Hall–Kier alpha value is -3.12. The molecule has 190 valence electrons. The summed E-state index contributed by atoms with van der Waals surface area (Å²) >= 11 is 0.925. The normalized spacial score (nSPS) is 22.6. The fourth-order valence-electron chi connectivity index (χ4n) is 3.46. The summed E-state index contributed by atoms with van der Waals surface area (Å²) in [5.41, 5.74) is -0.907. The number of hydrogen-bond donors (Lipinski definition) is 2. The van der Waals surface area contributed by atoms with E-state index in [0.29, 0.717) is 5.75 Å². The maximum atomic E-state index is 12.8. The second-order valence-electron chi connectivity index (χ2n) is 8.98. The van der Waals surface area contributed by atoms with Crippen LogP contribution in [0.4, 0.5) is 0 Å². The van der Waals surface area contributed by atoms with Crippen molar-refractivity contribution in [2.45, 2.75) is 50.4 Å². The van der Waals surface area contributed by atoms with Crippen molar-refractivity contribution in [2.75, 3.05) is 19.0 Å². The number of Topliss-reactive ketones (excluding diaryl/α,β-unsaturated/α-hetero) is 1. The Bertz CT molecular complexity index is 979. The van der Waals surface area contributed by atoms with E-state index >= 15 is 0 Å². The van der Waals surface area contributed by atoms with Gasteiger partial charge < -0.3 is 24.6 Å². The molecular formula is C23H28N2O9S. The standard InChI is InChI=1S/C23H28N2O9S/c1-23(2,3)34-22(31)19(29)25-18(28)17(24-16(27)11-33-13-7-5-4-6-8-13)20(25)35-12-15(26)14-9-10-32-21(14)30/h4-8,14,17,19-20,29H,9-12H2,1-3H3,(H,24,27)/t14?,17-,19?,20-/m1/s1. The molecule has 2 amide bonds. The van der Waals surface area contributed by atoms with Crippen molar-refractivity contribution in [1.82, 2.24) is 10.2 Å². The van der Waals surface area contributed by atoms with Crippen LogP contribution in [0.25, 0.3) is 0 Å². The summed E-state index contributed by atoms with van der Waals surface area (Å²) in [5, 5.41) is 12.1. The lowest BCUT2D eigenvalue weighted by Crippen LogP contribution is -2.73. The number of ketones is 1. The van der Waals surface area contributed by atoms with Crippen LogP contribution in [0.5, 0.6) is 5.75 Å². The average molecular weight is 509 g/mol. The van der Waals surface area contributed by atoms with Crippen molar-refractivity contribution in [3.8, 4) is 5.75 Å². The molecule has 2 aliphatic heterocycles. The Balaban J connectivity index is 1.66. The minimum atomic E-state index is -1.93. The summed E-state index contributed by atoms with van der Waals surface area (Å²) in [7, 11) is 0. The minimum Gasteiger partial charge on any atom is -0.484 e. The molecule has 0 saturated carbocycles. The lowest BCUT2D eigenvalue weighted by Gasteiger charge is -2.48. The number of nitrogens with one attached hydrogen (secondary N) is 1. The van der Waals surface area contributed by atoms with Crippen LogP contribution in [0.15, 0.2) is 30.3 Å². The van der Waals surface area contributed by atoms with Gasteiger partial charge in [-0.2, -0.15) is 0 Å². The van der Waals surface area contributed by atoms with Crippen LogP contribution in [0.3, 0.4) is 0 Å². The topological polar surface area (TPSA) is 149 Å². The van der Waals surface area contributed by atoms with E-state index in [2.05, 4.69) is 5.32 Å². The van der Waals surface area contributed by atoms with Crippen LogP contribution < -0.4 is 10.1 Å². The van der Waals surface area contributed by atoms with E-state index in [1.807, 2.05) is 0 Å². The van der Waals surface area contributed by atoms with Gasteiger partial charge in [0.1, 0.15) is 28.7 Å². The largest absolute Gasteiger partial charge is 0.484 e. The summed E-state index contributed by atoms with van der Waals surface area (Å²) < 4.78 is 15.3. The zero-order valence-electron chi connectivity index (χ0n) is 19.6. The number of rotatable bonds is 10. The maximum Gasteiger partial charge on any atom is 0.357 e. The first-order valence-corrected chi connectivity index (χ1v) is 12.0. The first-order valence-electron chi connectivity index (χ1n) is 11.0. The quantitative estimate of drug-likeness (QED) is 0.256. The number of aliphatic hydroxyl groups excluding tert-OH is 1. The van der Waals surface area contributed by atoms with E-state index in [1.165, 1.54) is 0 Å². The summed E-state index contributed by atoms with van der Waals surface area (Å²) in [6, 6.07) is 7.48. The second kappa shape index (κ2) is 11.1. The van der Waals surface area contributed by atoms with E-state index < -0.39 is 58.7 Å². The van der Waals surface area contributed by atoms with Crippen LogP contribution in [-0.2, 0) is 33.4 Å². The van der Waals surface area contributed by atoms with Gasteiger partial charge in [0, 0.05) is 6.42 Å². The van der Waals surface area contributed by atoms with Gasteiger partial charge in [0.25, 0.3) is 11.8 Å². The van der Waals surface area contributed by atoms with Gasteiger partial charge in [0.15, 0.2) is 12.4 Å². The van der Waals surface area contributed by atoms with Gasteiger partial charge in [-0.05, 0) is 32.9 Å². The summed E-state index contributed by atoms with van der Waals surface area (Å²) in [6.07, 6.45) is -1.66. The number of β-lactam (4-membered cyclic amide) rings is 1. The maximum absolute atomic E-state index is 12.8. The number of hydrogen-bond acceptors (Lipinski definition) is 10. The van der Waals surface area contributed by atoms with Crippen LogP contribution in [-0.4, -0.2) is 81.8 Å². The van der Waals surface area contributed by atoms with Gasteiger partial charge in [-0.15, -0.1) is 11.8 Å². The van der Waals surface area contributed by atoms with E-state index in [4.69, 9.17) is 14.2 Å². The number of cyclic esters (lactones) is 1. The molecule has 0 bridgehead atoms. The van der Waals surface area contributed by atoms with Crippen molar-refractivity contribution in [1.29, 1.82) is 0 Å². The van der Waals surface area contributed by atoms with Gasteiger partial charge in [-0.1, -0.05) is 18.2 Å². The van der Waals surface area contributed by atoms with Gasteiger partial charge >= 0.3 is 11.9 Å². The fourth-order valence-corrected chi connectivity index (χ4v) is 4.75. The Morgan fingerprint density at radius 1 is 1.23 bits per heavy atom. The number of carbonyl (C=O) groups is 5. The third-order valence-corrected chi connectivity index (χ3v) is 6.40. The Labute approximate surface area is 206 Å². The number of amides is 2. The molecule has 2 aliphatic rings. The van der Waals surface area contributed by atoms with E-state index in [0.717, 1.165) is 16.7 Å². The molecule has 0 aromatic heterocycles. The van der Waals surface area contributed by atoms with Gasteiger partial charge in [0.2, 0.25) is 6.23 Å². The molecule has 2 unspecified atom stereocenters. The van der Waals surface area contributed by atoms with Crippen molar-refractivity contribution < 1.29 is 43.3 Å². The number of aliphatic hydroxyl groups is 1. The van der Waals surface area contributed by atoms with Crippen LogP contribution in [0.1, 0.15) is 27.2 Å². The number of nitrogens with zero attached hydrogens (tertiary/aromatic N) is 1. The first kappa shape index (κ1) is 26.5. The van der Waals surface area contributed by atoms with Gasteiger partial charge in [-0.3, -0.25) is 24.1 Å². The van der Waals surface area contributed by atoms with E-state index in [-0.39, 0.29) is 25.4 Å². The molecule has 1 aromatic carbocycles. The van der Waals surface area contributed by atoms with Crippen molar-refractivity contribution in [3.05, 3.63) is 30.3 Å². The Kier molecular flexibility index (Phi) is 8.39. The minimum absolute atomic E-state index is 0.158. The molecule has 0 radical (unpaired) electrons. The number of thioether (sulfide) groups is 1. The van der Waals surface area contributed by atoms with Crippen molar-refractivity contribution in [3.63, 3.8) is 0 Å². The number of benzene rings is 1. The highest BCUT2D eigenvalue weighted by Gasteiger charge is 2.54. The number of carbonyl (C=O) groups excluding carboxylic acids is 5. The molecule has 0 aliphatic carbocycles. The molecule has 2 saturated heterocycles. The highest BCUT2D eigenvalue weighted by Crippen LogP contribution is 2.33. The predicted molar refractivity (Wildman–Crippen MR) is 123 cm³/mol. The zero-order valence-corrected chi connectivity index (χ0v) is 20.4. The highest BCUT2D eigenvalue weighted by atomic mass is 32.2. The molecule has 12 heteroatoms. The number of para-hydroxylation sites is 1. The fraction of sp³-hybridized carbons (Fsp3) is 0.522. The van der Waals surface area contributed by atoms with Crippen molar-refractivity contribution >= 4 is 41.3 Å². The third kappa shape index (κ3) is 6.73. The smallest absolute Gasteiger partial charge is 0.357 e. The Morgan fingerprint density at radius 3 is 2.51 bits per heavy atom. The molecule has 2 N–H and O–H groups in total. The van der Waals surface area contributed by atoms with E-state index in [1.54, 1.807) is 51.1 Å². The monoisotopic (exact) mass is 508 g/mol. The second-order valence-corrected chi connectivity index (χ2v) is 10.1. The lowest BCUT2D eigenvalue weighted by atomic mass is 10.0. The lowest BCUT2D eigenvalue weighted by molar-refractivity contribution is -0.189. The first-order chi connectivity index (χ1) is 16.5. The molecule has 11 nitrogen and oxygen atoms in total. The summed E-state index contributed by atoms with van der Waals surface area (Å²) in [4.78, 5) is 62.6. The molecule has 4 atom stereocenters. The summed E-state index contributed by atoms with van der Waals surface area (Å²) in [5.74, 6) is -3.99.